The van der Waals surface area contributed by atoms with Gasteiger partial charge in [-0.2, -0.15) is 13.2 Å². The molecule has 114 valence electrons. The highest BCUT2D eigenvalue weighted by atomic mass is 19.4. The number of hydrogen-bond acceptors (Lipinski definition) is 3. The Morgan fingerprint density at radius 1 is 1.25 bits per heavy atom. The zero-order valence-electron chi connectivity index (χ0n) is 10.8. The van der Waals surface area contributed by atoms with Crippen LogP contribution in [-0.4, -0.2) is 37.1 Å². The van der Waals surface area contributed by atoms with Crippen molar-refractivity contribution < 1.29 is 27.4 Å². The maximum atomic E-state index is 13.2. The predicted octanol–water partition coefficient (Wildman–Crippen LogP) is 2.25. The third-order valence-electron chi connectivity index (χ3n) is 2.49. The molecule has 3 nitrogen and oxygen atoms in total. The zero-order valence-corrected chi connectivity index (χ0v) is 10.8. The van der Waals surface area contributed by atoms with Gasteiger partial charge in [-0.05, 0) is 6.07 Å². The summed E-state index contributed by atoms with van der Waals surface area (Å²) < 4.78 is 53.9. The van der Waals surface area contributed by atoms with Crippen LogP contribution >= 0.6 is 0 Å². The van der Waals surface area contributed by atoms with Crippen LogP contribution in [-0.2, 0) is 11.3 Å². The topological polar surface area (TPSA) is 41.5 Å². The lowest BCUT2D eigenvalue weighted by Crippen LogP contribution is -2.32. The van der Waals surface area contributed by atoms with Gasteiger partial charge in [-0.25, -0.2) is 4.39 Å². The average molecular weight is 295 g/mol. The van der Waals surface area contributed by atoms with Crippen molar-refractivity contribution in [2.75, 3.05) is 19.7 Å². The molecule has 0 fully saturated rings. The van der Waals surface area contributed by atoms with E-state index in [9.17, 15) is 22.7 Å². The summed E-state index contributed by atoms with van der Waals surface area (Å²) in [5, 5.41) is 11.9. The Balaban J connectivity index is 2.11. The normalized spacial score (nSPS) is 13.4. The van der Waals surface area contributed by atoms with Gasteiger partial charge >= 0.3 is 6.18 Å². The van der Waals surface area contributed by atoms with E-state index in [-0.39, 0.29) is 26.3 Å². The molecule has 0 aliphatic carbocycles. The molecule has 0 amide bonds. The SMILES string of the molecule is OC(CNCCC(F)(F)F)COCc1ccccc1F. The fraction of sp³-hybridized carbons (Fsp3) is 0.538. The average Bonchev–Trinajstić information content (AvgIpc) is 2.36. The van der Waals surface area contributed by atoms with Gasteiger partial charge < -0.3 is 15.2 Å². The first kappa shape index (κ1) is 16.9. The van der Waals surface area contributed by atoms with Crippen LogP contribution in [0, 0.1) is 5.82 Å². The standard InChI is InChI=1S/C13H17F4NO2/c14-12-4-2-1-3-10(12)8-20-9-11(19)7-18-6-5-13(15,16)17/h1-4,11,18-19H,5-9H2. The molecule has 0 spiro atoms. The van der Waals surface area contributed by atoms with Gasteiger partial charge in [0.2, 0.25) is 0 Å². The Kier molecular flexibility index (Phi) is 6.90. The zero-order chi connectivity index (χ0) is 15.0. The van der Waals surface area contributed by atoms with Gasteiger partial charge in [-0.1, -0.05) is 18.2 Å². The van der Waals surface area contributed by atoms with E-state index in [0.29, 0.717) is 5.56 Å². The number of aliphatic hydroxyl groups is 1. The number of hydrogen-bond donors (Lipinski definition) is 2. The van der Waals surface area contributed by atoms with Gasteiger partial charge in [0, 0.05) is 18.7 Å². The summed E-state index contributed by atoms with van der Waals surface area (Å²) >= 11 is 0. The minimum absolute atomic E-state index is 0.00623. The Morgan fingerprint density at radius 2 is 1.95 bits per heavy atom. The van der Waals surface area contributed by atoms with Gasteiger partial charge in [0.1, 0.15) is 5.82 Å². The van der Waals surface area contributed by atoms with Crippen LogP contribution in [0.15, 0.2) is 24.3 Å². The Bertz CT molecular complexity index is 398. The van der Waals surface area contributed by atoms with Crippen LogP contribution in [0.2, 0.25) is 0 Å². The van der Waals surface area contributed by atoms with Gasteiger partial charge in [0.15, 0.2) is 0 Å². The van der Waals surface area contributed by atoms with Gasteiger partial charge in [-0.3, -0.25) is 0 Å². The minimum atomic E-state index is -4.21. The van der Waals surface area contributed by atoms with Crippen molar-refractivity contribution in [1.82, 2.24) is 5.32 Å². The van der Waals surface area contributed by atoms with Crippen LogP contribution in [0.25, 0.3) is 0 Å². The van der Waals surface area contributed by atoms with E-state index >= 15 is 0 Å². The summed E-state index contributed by atoms with van der Waals surface area (Å²) in [6, 6.07) is 6.08. The van der Waals surface area contributed by atoms with Crippen molar-refractivity contribution in [2.45, 2.75) is 25.3 Å². The molecule has 1 rings (SSSR count). The second kappa shape index (κ2) is 8.18. The number of alkyl halides is 3. The van der Waals surface area contributed by atoms with Gasteiger partial charge in [0.25, 0.3) is 0 Å². The van der Waals surface area contributed by atoms with Crippen molar-refractivity contribution in [2.24, 2.45) is 0 Å². The van der Waals surface area contributed by atoms with Crippen LogP contribution in [0.1, 0.15) is 12.0 Å². The van der Waals surface area contributed by atoms with E-state index < -0.39 is 24.5 Å². The quantitative estimate of drug-likeness (QED) is 0.571. The maximum absolute atomic E-state index is 13.2. The van der Waals surface area contributed by atoms with E-state index in [4.69, 9.17) is 4.74 Å². The van der Waals surface area contributed by atoms with E-state index in [2.05, 4.69) is 5.32 Å². The molecule has 0 heterocycles. The molecular formula is C13H17F4NO2. The Labute approximate surface area is 114 Å². The first-order chi connectivity index (χ1) is 9.38. The molecule has 7 heteroatoms. The molecule has 1 unspecified atom stereocenters. The third kappa shape index (κ3) is 7.42. The molecule has 1 aromatic rings. The molecule has 0 radical (unpaired) electrons. The Morgan fingerprint density at radius 3 is 2.60 bits per heavy atom. The van der Waals surface area contributed by atoms with Crippen molar-refractivity contribution in [3.8, 4) is 0 Å². The minimum Gasteiger partial charge on any atom is -0.389 e. The lowest BCUT2D eigenvalue weighted by Gasteiger charge is -2.13. The molecular weight excluding hydrogens is 278 g/mol. The third-order valence-corrected chi connectivity index (χ3v) is 2.49. The highest BCUT2D eigenvalue weighted by Crippen LogP contribution is 2.18. The number of nitrogens with one attached hydrogen (secondary N) is 1. The smallest absolute Gasteiger partial charge is 0.389 e. The van der Waals surface area contributed by atoms with Crippen molar-refractivity contribution in [1.29, 1.82) is 0 Å². The van der Waals surface area contributed by atoms with Gasteiger partial charge in [-0.15, -0.1) is 0 Å². The summed E-state index contributed by atoms with van der Waals surface area (Å²) in [4.78, 5) is 0. The van der Waals surface area contributed by atoms with E-state index in [1.54, 1.807) is 18.2 Å². The highest BCUT2D eigenvalue weighted by molar-refractivity contribution is 5.16. The van der Waals surface area contributed by atoms with Crippen molar-refractivity contribution >= 4 is 0 Å². The number of aliphatic hydroxyl groups excluding tert-OH is 1. The molecule has 0 aromatic heterocycles. The number of halogens is 4. The van der Waals surface area contributed by atoms with E-state index in [1.165, 1.54) is 6.07 Å². The van der Waals surface area contributed by atoms with Crippen LogP contribution in [0.5, 0.6) is 0 Å². The molecule has 20 heavy (non-hydrogen) atoms. The molecule has 0 aliphatic rings. The second-order valence-electron chi connectivity index (χ2n) is 4.33. The lowest BCUT2D eigenvalue weighted by molar-refractivity contribution is -0.133. The molecule has 1 atom stereocenters. The highest BCUT2D eigenvalue weighted by Gasteiger charge is 2.26. The second-order valence-corrected chi connectivity index (χ2v) is 4.33. The first-order valence-corrected chi connectivity index (χ1v) is 6.15. The molecule has 1 aromatic carbocycles. The lowest BCUT2D eigenvalue weighted by atomic mass is 10.2. The fourth-order valence-electron chi connectivity index (χ4n) is 1.48. The molecule has 0 saturated carbocycles. The van der Waals surface area contributed by atoms with E-state index in [0.717, 1.165) is 0 Å². The number of rotatable bonds is 8. The summed E-state index contributed by atoms with van der Waals surface area (Å²) in [6.45, 7) is -0.332. The number of ether oxygens (including phenoxy) is 1. The van der Waals surface area contributed by atoms with Crippen LogP contribution < -0.4 is 5.32 Å². The van der Waals surface area contributed by atoms with Crippen molar-refractivity contribution in [3.63, 3.8) is 0 Å². The predicted molar refractivity (Wildman–Crippen MR) is 65.6 cm³/mol. The molecule has 0 bridgehead atoms. The van der Waals surface area contributed by atoms with Crippen molar-refractivity contribution in [3.05, 3.63) is 35.6 Å². The summed E-state index contributed by atoms with van der Waals surface area (Å²) in [7, 11) is 0. The maximum Gasteiger partial charge on any atom is 0.390 e. The summed E-state index contributed by atoms with van der Waals surface area (Å²) in [5.74, 6) is -0.398. The summed E-state index contributed by atoms with van der Waals surface area (Å²) in [6.07, 6.45) is -6.09. The van der Waals surface area contributed by atoms with Crippen LogP contribution in [0.3, 0.4) is 0 Å². The molecule has 0 aliphatic heterocycles. The summed E-state index contributed by atoms with van der Waals surface area (Å²) in [5.41, 5.74) is 0.365. The molecule has 2 N–H and O–H groups in total. The molecule has 0 saturated heterocycles. The fourth-order valence-corrected chi connectivity index (χ4v) is 1.48. The first-order valence-electron chi connectivity index (χ1n) is 6.15. The van der Waals surface area contributed by atoms with Crippen LogP contribution in [0.4, 0.5) is 17.6 Å². The monoisotopic (exact) mass is 295 g/mol. The van der Waals surface area contributed by atoms with E-state index in [1.807, 2.05) is 0 Å². The van der Waals surface area contributed by atoms with Gasteiger partial charge in [0.05, 0.1) is 25.7 Å². The number of benzene rings is 1. The Hall–Kier alpha value is -1.18. The largest absolute Gasteiger partial charge is 0.390 e.